The highest BCUT2D eigenvalue weighted by Crippen LogP contribution is 2.20. The van der Waals surface area contributed by atoms with E-state index in [1.54, 1.807) is 0 Å². The topological polar surface area (TPSA) is 70.8 Å². The number of ether oxygens (including phenoxy) is 1. The highest BCUT2D eigenvalue weighted by Gasteiger charge is 2.28. The predicted octanol–water partition coefficient (Wildman–Crippen LogP) is 1.78. The van der Waals surface area contributed by atoms with Crippen LogP contribution in [0.1, 0.15) is 43.8 Å². The number of nitrogens with zero attached hydrogens (tertiary/aromatic N) is 6. The van der Waals surface area contributed by atoms with E-state index in [1.165, 1.54) is 45.3 Å². The molecule has 0 saturated carbocycles. The smallest absolute Gasteiger partial charge is 0.194 e. The van der Waals surface area contributed by atoms with E-state index in [1.807, 2.05) is 18.5 Å². The van der Waals surface area contributed by atoms with E-state index in [9.17, 15) is 0 Å². The number of aryl methyl sites for hydroxylation is 1. The number of rotatable bonds is 6. The first kappa shape index (κ1) is 22.7. The van der Waals surface area contributed by atoms with Crippen LogP contribution in [0.5, 0.6) is 0 Å². The summed E-state index contributed by atoms with van der Waals surface area (Å²) in [4.78, 5) is 9.98. The van der Waals surface area contributed by atoms with Gasteiger partial charge in [-0.3, -0.25) is 0 Å². The minimum atomic E-state index is 0. The standard InChI is InChI=1S/C20H35N7O.HI/c1-16-23-24-19(25(16)2)13-22-20(21-12-18-6-5-11-28-18)27-10-7-17(15-27)14-26-8-3-4-9-26;/h17-18H,3-15H2,1-2H3,(H,21,22);1H. The molecule has 3 saturated heterocycles. The number of hydrogen-bond donors (Lipinski definition) is 1. The number of likely N-dealkylation sites (tertiary alicyclic amines) is 2. The number of halogens is 1. The summed E-state index contributed by atoms with van der Waals surface area (Å²) in [5, 5.41) is 12.0. The first-order valence-corrected chi connectivity index (χ1v) is 10.9. The third-order valence-electron chi connectivity index (χ3n) is 6.37. The van der Waals surface area contributed by atoms with Gasteiger partial charge in [-0.1, -0.05) is 0 Å². The van der Waals surface area contributed by atoms with Gasteiger partial charge in [-0.05, 0) is 58.0 Å². The summed E-state index contributed by atoms with van der Waals surface area (Å²) in [5.74, 6) is 3.57. The van der Waals surface area contributed by atoms with Crippen molar-refractivity contribution < 1.29 is 4.74 Å². The van der Waals surface area contributed by atoms with Gasteiger partial charge in [0, 0.05) is 39.8 Å². The first-order chi connectivity index (χ1) is 13.7. The van der Waals surface area contributed by atoms with E-state index in [4.69, 9.17) is 9.73 Å². The molecular formula is C20H36IN7O. The van der Waals surface area contributed by atoms with Crippen molar-refractivity contribution in [2.24, 2.45) is 18.0 Å². The second kappa shape index (κ2) is 10.9. The third-order valence-corrected chi connectivity index (χ3v) is 6.37. The summed E-state index contributed by atoms with van der Waals surface area (Å²) in [5.41, 5.74) is 0. The maximum absolute atomic E-state index is 5.79. The largest absolute Gasteiger partial charge is 0.376 e. The summed E-state index contributed by atoms with van der Waals surface area (Å²) in [6.07, 6.45) is 6.59. The quantitative estimate of drug-likeness (QED) is 0.353. The van der Waals surface area contributed by atoms with Crippen molar-refractivity contribution >= 4 is 29.9 Å². The minimum absolute atomic E-state index is 0. The van der Waals surface area contributed by atoms with Gasteiger partial charge < -0.3 is 24.4 Å². The second-order valence-electron chi connectivity index (χ2n) is 8.49. The summed E-state index contributed by atoms with van der Waals surface area (Å²) < 4.78 is 7.81. The van der Waals surface area contributed by atoms with E-state index < -0.39 is 0 Å². The van der Waals surface area contributed by atoms with Gasteiger partial charge in [-0.15, -0.1) is 34.2 Å². The summed E-state index contributed by atoms with van der Waals surface area (Å²) in [7, 11) is 2.00. The fourth-order valence-electron chi connectivity index (χ4n) is 4.52. The monoisotopic (exact) mass is 517 g/mol. The van der Waals surface area contributed by atoms with Crippen LogP contribution < -0.4 is 5.32 Å². The molecule has 3 aliphatic rings. The Hall–Kier alpha value is -0.940. The Morgan fingerprint density at radius 1 is 1.17 bits per heavy atom. The van der Waals surface area contributed by atoms with Gasteiger partial charge in [0.25, 0.3) is 0 Å². The van der Waals surface area contributed by atoms with Crippen LogP contribution in [-0.4, -0.2) is 82.5 Å². The minimum Gasteiger partial charge on any atom is -0.376 e. The highest BCUT2D eigenvalue weighted by molar-refractivity contribution is 14.0. The molecule has 8 nitrogen and oxygen atoms in total. The fourth-order valence-corrected chi connectivity index (χ4v) is 4.52. The lowest BCUT2D eigenvalue weighted by atomic mass is 10.1. The average molecular weight is 517 g/mol. The fraction of sp³-hybridized carbons (Fsp3) is 0.850. The maximum atomic E-state index is 5.79. The number of hydrogen-bond acceptors (Lipinski definition) is 5. The van der Waals surface area contributed by atoms with Crippen LogP contribution in [0.15, 0.2) is 4.99 Å². The Labute approximate surface area is 191 Å². The van der Waals surface area contributed by atoms with Crippen molar-refractivity contribution in [2.45, 2.75) is 51.7 Å². The van der Waals surface area contributed by atoms with Gasteiger partial charge in [0.1, 0.15) is 12.4 Å². The lowest BCUT2D eigenvalue weighted by Gasteiger charge is -2.24. The number of nitrogens with one attached hydrogen (secondary N) is 1. The second-order valence-corrected chi connectivity index (χ2v) is 8.49. The normalized spacial score (nSPS) is 25.6. The molecule has 29 heavy (non-hydrogen) atoms. The van der Waals surface area contributed by atoms with Gasteiger partial charge in [-0.25, -0.2) is 4.99 Å². The van der Waals surface area contributed by atoms with Crippen molar-refractivity contribution in [1.29, 1.82) is 0 Å². The molecule has 164 valence electrons. The molecule has 2 unspecified atom stereocenters. The molecule has 4 heterocycles. The first-order valence-electron chi connectivity index (χ1n) is 10.9. The van der Waals surface area contributed by atoms with E-state index in [0.717, 1.165) is 56.2 Å². The summed E-state index contributed by atoms with van der Waals surface area (Å²) in [6.45, 7) is 10.2. The summed E-state index contributed by atoms with van der Waals surface area (Å²) in [6, 6.07) is 0. The Kier molecular flexibility index (Phi) is 8.55. The molecule has 0 aromatic carbocycles. The molecule has 1 N–H and O–H groups in total. The maximum Gasteiger partial charge on any atom is 0.194 e. The zero-order chi connectivity index (χ0) is 19.3. The lowest BCUT2D eigenvalue weighted by Crippen LogP contribution is -2.43. The van der Waals surface area contributed by atoms with Crippen LogP contribution in [0.4, 0.5) is 0 Å². The van der Waals surface area contributed by atoms with E-state index in [0.29, 0.717) is 12.6 Å². The number of aliphatic imine (C=N–C) groups is 1. The Bertz CT molecular complexity index is 668. The Morgan fingerprint density at radius 3 is 2.69 bits per heavy atom. The van der Waals surface area contributed by atoms with Gasteiger partial charge in [0.05, 0.1) is 6.10 Å². The molecule has 9 heteroatoms. The van der Waals surface area contributed by atoms with Gasteiger partial charge in [-0.2, -0.15) is 0 Å². The molecule has 0 aliphatic carbocycles. The van der Waals surface area contributed by atoms with Crippen molar-refractivity contribution in [3.05, 3.63) is 11.6 Å². The van der Waals surface area contributed by atoms with E-state index in [2.05, 4.69) is 25.3 Å². The Morgan fingerprint density at radius 2 is 2.00 bits per heavy atom. The van der Waals surface area contributed by atoms with Crippen LogP contribution in [0, 0.1) is 12.8 Å². The molecule has 0 radical (unpaired) electrons. The van der Waals surface area contributed by atoms with Crippen LogP contribution in [0.25, 0.3) is 0 Å². The van der Waals surface area contributed by atoms with Crippen LogP contribution in [0.2, 0.25) is 0 Å². The van der Waals surface area contributed by atoms with Crippen LogP contribution in [-0.2, 0) is 18.3 Å². The zero-order valence-electron chi connectivity index (χ0n) is 17.8. The van der Waals surface area contributed by atoms with Crippen molar-refractivity contribution in [1.82, 2.24) is 29.9 Å². The molecule has 3 fully saturated rings. The highest BCUT2D eigenvalue weighted by atomic mass is 127. The zero-order valence-corrected chi connectivity index (χ0v) is 20.2. The van der Waals surface area contributed by atoms with Gasteiger partial charge in [0.15, 0.2) is 11.8 Å². The molecule has 1 aromatic rings. The van der Waals surface area contributed by atoms with Crippen molar-refractivity contribution in [3.8, 4) is 0 Å². The van der Waals surface area contributed by atoms with E-state index >= 15 is 0 Å². The molecule has 1 aromatic heterocycles. The molecule has 0 amide bonds. The molecule has 4 rings (SSSR count). The van der Waals surface area contributed by atoms with Crippen molar-refractivity contribution in [2.75, 3.05) is 45.9 Å². The summed E-state index contributed by atoms with van der Waals surface area (Å²) >= 11 is 0. The molecule has 2 atom stereocenters. The number of aromatic nitrogens is 3. The molecule has 3 aliphatic heterocycles. The van der Waals surface area contributed by atoms with E-state index in [-0.39, 0.29) is 24.0 Å². The SMILES string of the molecule is Cc1nnc(CN=C(NCC2CCCO2)N2CCC(CN3CCCC3)C2)n1C.I. The Balaban J connectivity index is 0.00000240. The predicted molar refractivity (Wildman–Crippen MR) is 125 cm³/mol. The third kappa shape index (κ3) is 6.04. The molecule has 0 spiro atoms. The molecule has 0 bridgehead atoms. The van der Waals surface area contributed by atoms with Gasteiger partial charge >= 0.3 is 0 Å². The lowest BCUT2D eigenvalue weighted by molar-refractivity contribution is 0.113. The average Bonchev–Trinajstić information content (AvgIpc) is 3.48. The van der Waals surface area contributed by atoms with Crippen LogP contribution >= 0.6 is 24.0 Å². The number of guanidine groups is 1. The van der Waals surface area contributed by atoms with Crippen molar-refractivity contribution in [3.63, 3.8) is 0 Å². The van der Waals surface area contributed by atoms with Gasteiger partial charge in [0.2, 0.25) is 0 Å². The van der Waals surface area contributed by atoms with Crippen LogP contribution in [0.3, 0.4) is 0 Å². The molecular weight excluding hydrogens is 481 g/mol.